The summed E-state index contributed by atoms with van der Waals surface area (Å²) < 4.78 is 54.1. The summed E-state index contributed by atoms with van der Waals surface area (Å²) in [6.45, 7) is 3.88. The molecule has 8 rings (SSSR count). The van der Waals surface area contributed by atoms with Crippen molar-refractivity contribution in [1.29, 1.82) is 10.5 Å². The van der Waals surface area contributed by atoms with Crippen LogP contribution in [0.15, 0.2) is 73.1 Å². The van der Waals surface area contributed by atoms with Gasteiger partial charge in [-0.1, -0.05) is 12.1 Å². The zero-order chi connectivity index (χ0) is 42.4. The molecule has 0 spiro atoms. The van der Waals surface area contributed by atoms with Gasteiger partial charge in [0.05, 0.1) is 24.5 Å². The van der Waals surface area contributed by atoms with E-state index >= 15 is 0 Å². The molecule has 2 aromatic carbocycles. The van der Waals surface area contributed by atoms with Gasteiger partial charge in [-0.25, -0.2) is 19.6 Å². The number of amides is 4. The van der Waals surface area contributed by atoms with Gasteiger partial charge in [0.1, 0.15) is 72.5 Å². The molecule has 4 atom stereocenters. The molecule has 4 aromatic rings. The van der Waals surface area contributed by atoms with E-state index in [1.165, 1.54) is 13.8 Å². The summed E-state index contributed by atoms with van der Waals surface area (Å²) in [5, 5.41) is 23.1. The highest BCUT2D eigenvalue weighted by Crippen LogP contribution is 2.42. The van der Waals surface area contributed by atoms with Crippen LogP contribution in [0.2, 0.25) is 0 Å². The number of nitrogens with zero attached hydrogens (tertiary/aromatic N) is 6. The Morgan fingerprint density at radius 1 is 0.712 bits per heavy atom. The van der Waals surface area contributed by atoms with Gasteiger partial charge in [0.25, 0.3) is 0 Å². The second kappa shape index (κ2) is 17.4. The van der Waals surface area contributed by atoms with Crippen molar-refractivity contribution in [1.82, 2.24) is 20.6 Å². The average molecular weight is 827 g/mol. The molecule has 4 aliphatic rings. The minimum Gasteiger partial charge on any atom is -0.489 e. The lowest BCUT2D eigenvalue weighted by Gasteiger charge is -2.31. The van der Waals surface area contributed by atoms with E-state index < -0.39 is 34.8 Å². The fourth-order valence-electron chi connectivity index (χ4n) is 6.52. The van der Waals surface area contributed by atoms with Crippen LogP contribution < -0.4 is 29.9 Å². The lowest BCUT2D eigenvalue weighted by atomic mass is 10.0. The van der Waals surface area contributed by atoms with E-state index in [0.717, 1.165) is 22.3 Å². The molecule has 4 aliphatic heterocycles. The lowest BCUT2D eigenvalue weighted by molar-refractivity contribution is -0.120. The van der Waals surface area contributed by atoms with E-state index in [0.29, 0.717) is 34.3 Å². The van der Waals surface area contributed by atoms with Crippen molar-refractivity contribution < 1.29 is 55.6 Å². The maximum absolute atomic E-state index is 12.3. The van der Waals surface area contributed by atoms with Crippen molar-refractivity contribution in [2.75, 3.05) is 36.1 Å². The van der Waals surface area contributed by atoms with Gasteiger partial charge < -0.3 is 29.6 Å². The SMILES string of the molecule is CC(=O)NC[C@@H]1OC(=O)N2c3ccc(-c4ccc(C#N)nc4)cc3OC[C@@H]12.CC(=O)NC[C@@H]1OC(=O)N2c3ccc(-c4ccc(C#N)nc4)cc3OC[C@@H]12.O=S(=O)(O)O. The number of carbonyl (C=O) groups excluding carboxylic acids is 4. The lowest BCUT2D eigenvalue weighted by Crippen LogP contribution is -2.47. The van der Waals surface area contributed by atoms with E-state index in [9.17, 15) is 19.2 Å². The van der Waals surface area contributed by atoms with Gasteiger partial charge in [0.15, 0.2) is 0 Å². The van der Waals surface area contributed by atoms with Crippen LogP contribution in [0.3, 0.4) is 0 Å². The first-order valence-electron chi connectivity index (χ1n) is 17.6. The number of fused-ring (bicyclic) bond motifs is 6. The Labute approximate surface area is 336 Å². The van der Waals surface area contributed by atoms with Crippen LogP contribution in [0, 0.1) is 22.7 Å². The second-order valence-electron chi connectivity index (χ2n) is 13.1. The highest BCUT2D eigenvalue weighted by Gasteiger charge is 2.47. The number of pyridine rings is 2. The van der Waals surface area contributed by atoms with Crippen molar-refractivity contribution in [2.24, 2.45) is 0 Å². The van der Waals surface area contributed by atoms with Gasteiger partial charge in [-0.15, -0.1) is 0 Å². The first-order valence-corrected chi connectivity index (χ1v) is 19.0. The van der Waals surface area contributed by atoms with Gasteiger partial charge in [-0.2, -0.15) is 18.9 Å². The first-order chi connectivity index (χ1) is 28.1. The van der Waals surface area contributed by atoms with Crippen molar-refractivity contribution in [3.8, 4) is 45.9 Å². The fraction of sp³-hybridized carbons (Fsp3) is 0.263. The quantitative estimate of drug-likeness (QED) is 0.203. The largest absolute Gasteiger partial charge is 0.489 e. The molecule has 2 aromatic heterocycles. The zero-order valence-corrected chi connectivity index (χ0v) is 32.0. The molecule has 2 saturated heterocycles. The standard InChI is InChI=1S/2C19H16N4O4.H2O4S/c2*1-11(24)21-9-18-16-10-26-17-6-12(13-2-4-14(7-20)22-8-13)3-5-15(17)23(16)19(25)27-18;1-5(2,3)4/h2*2-6,8,16,18H,9-10H2,1H3,(H,21,24);(H2,1,2,3,4)/t2*16-,18-;/m00./s1. The summed E-state index contributed by atoms with van der Waals surface area (Å²) in [5.41, 5.74) is 5.38. The molecule has 20 nitrogen and oxygen atoms in total. The Hall–Kier alpha value is -7.33. The van der Waals surface area contributed by atoms with E-state index in [4.69, 9.17) is 47.0 Å². The number of benzene rings is 2. The Kier molecular flexibility index (Phi) is 12.2. The summed E-state index contributed by atoms with van der Waals surface area (Å²) in [6.07, 6.45) is 1.42. The van der Waals surface area contributed by atoms with Crippen LogP contribution in [-0.2, 0) is 29.5 Å². The van der Waals surface area contributed by atoms with Crippen LogP contribution >= 0.6 is 0 Å². The zero-order valence-electron chi connectivity index (χ0n) is 31.1. The molecular weight excluding hydrogens is 793 g/mol. The number of anilines is 2. The molecule has 0 saturated carbocycles. The number of hydrogen-bond acceptors (Lipinski definition) is 14. The van der Waals surface area contributed by atoms with Crippen molar-refractivity contribution in [3.05, 3.63) is 84.4 Å². The van der Waals surface area contributed by atoms with E-state index in [2.05, 4.69) is 20.6 Å². The molecule has 2 fully saturated rings. The number of carbonyl (C=O) groups is 4. The molecule has 59 heavy (non-hydrogen) atoms. The Morgan fingerprint density at radius 2 is 1.08 bits per heavy atom. The number of aromatic nitrogens is 2. The van der Waals surface area contributed by atoms with Gasteiger partial charge in [-0.05, 0) is 59.7 Å². The molecule has 4 N–H and O–H groups in total. The third-order valence-corrected chi connectivity index (χ3v) is 9.20. The topological polar surface area (TPSA) is 284 Å². The van der Waals surface area contributed by atoms with Gasteiger partial charge in [0, 0.05) is 37.4 Å². The molecule has 304 valence electrons. The van der Waals surface area contributed by atoms with Crippen molar-refractivity contribution in [3.63, 3.8) is 0 Å². The number of nitrogens with one attached hydrogen (secondary N) is 2. The first kappa shape index (κ1) is 41.3. The smallest absolute Gasteiger partial charge is 0.415 e. The van der Waals surface area contributed by atoms with Crippen LogP contribution in [0.1, 0.15) is 25.2 Å². The predicted octanol–water partition coefficient (Wildman–Crippen LogP) is 3.03. The predicted molar refractivity (Wildman–Crippen MR) is 204 cm³/mol. The molecule has 21 heteroatoms. The van der Waals surface area contributed by atoms with Crippen LogP contribution in [-0.4, -0.2) is 102 Å². The Balaban J connectivity index is 0.000000178. The molecular formula is C38H34N8O12S. The second-order valence-corrected chi connectivity index (χ2v) is 14.0. The molecule has 4 amide bonds. The van der Waals surface area contributed by atoms with Crippen LogP contribution in [0.5, 0.6) is 11.5 Å². The van der Waals surface area contributed by atoms with Crippen LogP contribution in [0.25, 0.3) is 22.3 Å². The van der Waals surface area contributed by atoms with Crippen LogP contribution in [0.4, 0.5) is 21.0 Å². The minimum atomic E-state index is -4.67. The fourth-order valence-corrected chi connectivity index (χ4v) is 6.52. The molecule has 0 aliphatic carbocycles. The molecule has 0 unspecified atom stereocenters. The number of hydrogen-bond donors (Lipinski definition) is 4. The summed E-state index contributed by atoms with van der Waals surface area (Å²) in [7, 11) is -4.67. The number of ether oxygens (including phenoxy) is 4. The third kappa shape index (κ3) is 9.80. The highest BCUT2D eigenvalue weighted by atomic mass is 32.3. The third-order valence-electron chi connectivity index (χ3n) is 9.20. The maximum atomic E-state index is 12.3. The van der Waals surface area contributed by atoms with Gasteiger partial charge in [-0.3, -0.25) is 28.5 Å². The normalized spacial score (nSPS) is 19.3. The molecule has 0 bridgehead atoms. The Bertz CT molecular complexity index is 2310. The average Bonchev–Trinajstić information content (AvgIpc) is 3.73. The number of nitriles is 2. The minimum absolute atomic E-state index is 0.178. The van der Waals surface area contributed by atoms with E-state index in [1.54, 1.807) is 46.5 Å². The number of rotatable bonds is 6. The summed E-state index contributed by atoms with van der Waals surface area (Å²) in [6, 6.07) is 21.3. The van der Waals surface area contributed by atoms with Gasteiger partial charge >= 0.3 is 22.6 Å². The highest BCUT2D eigenvalue weighted by molar-refractivity contribution is 7.79. The summed E-state index contributed by atoms with van der Waals surface area (Å²) >= 11 is 0. The summed E-state index contributed by atoms with van der Waals surface area (Å²) in [4.78, 5) is 58.3. The van der Waals surface area contributed by atoms with Crippen molar-refractivity contribution >= 4 is 45.8 Å². The van der Waals surface area contributed by atoms with Crippen molar-refractivity contribution in [2.45, 2.75) is 38.1 Å². The molecule has 6 heterocycles. The monoisotopic (exact) mass is 826 g/mol. The van der Waals surface area contributed by atoms with E-state index in [1.807, 2.05) is 48.5 Å². The maximum Gasteiger partial charge on any atom is 0.415 e. The summed E-state index contributed by atoms with van der Waals surface area (Å²) in [5.74, 6) is 0.792. The molecule has 0 radical (unpaired) electrons. The Morgan fingerprint density at radius 3 is 1.41 bits per heavy atom. The van der Waals surface area contributed by atoms with Gasteiger partial charge in [0.2, 0.25) is 11.8 Å². The number of cyclic esters (lactones) is 2. The van der Waals surface area contributed by atoms with E-state index in [-0.39, 0.29) is 50.2 Å².